The Bertz CT molecular complexity index is 337. The van der Waals surface area contributed by atoms with Crippen molar-refractivity contribution in [3.63, 3.8) is 0 Å². The van der Waals surface area contributed by atoms with E-state index in [0.717, 1.165) is 12.1 Å². The van der Waals surface area contributed by atoms with Crippen molar-refractivity contribution in [1.82, 2.24) is 5.32 Å². The maximum Gasteiger partial charge on any atom is 0.124 e. The number of nitrogens with one attached hydrogen (secondary N) is 1. The summed E-state index contributed by atoms with van der Waals surface area (Å²) in [6.07, 6.45) is -0.121. The monoisotopic (exact) mass is 211 g/mol. The van der Waals surface area contributed by atoms with Crippen molar-refractivity contribution in [2.45, 2.75) is 6.10 Å². The Hall–Kier alpha value is -1.13. The summed E-state index contributed by atoms with van der Waals surface area (Å²) >= 11 is 0. The van der Waals surface area contributed by atoms with Crippen molar-refractivity contribution < 1.29 is 13.9 Å². The van der Waals surface area contributed by atoms with Gasteiger partial charge >= 0.3 is 0 Å². The molecule has 1 atom stereocenters. The molecule has 2 rings (SSSR count). The zero-order valence-corrected chi connectivity index (χ0v) is 8.63. The Labute approximate surface area is 88.2 Å². The molecule has 1 unspecified atom stereocenters. The first-order valence-corrected chi connectivity index (χ1v) is 4.97. The van der Waals surface area contributed by atoms with E-state index in [1.807, 2.05) is 0 Å². The molecule has 1 saturated heterocycles. The predicted molar refractivity (Wildman–Crippen MR) is 54.5 cm³/mol. The third-order valence-corrected chi connectivity index (χ3v) is 2.47. The van der Waals surface area contributed by atoms with Gasteiger partial charge in [-0.3, -0.25) is 0 Å². The Morgan fingerprint density at radius 2 is 2.40 bits per heavy atom. The van der Waals surface area contributed by atoms with Crippen LogP contribution < -0.4 is 10.1 Å². The minimum Gasteiger partial charge on any atom is -0.496 e. The highest BCUT2D eigenvalue weighted by molar-refractivity contribution is 5.36. The van der Waals surface area contributed by atoms with Crippen LogP contribution in [0.15, 0.2) is 18.2 Å². The second-order valence-corrected chi connectivity index (χ2v) is 3.45. The number of morpholine rings is 1. The summed E-state index contributed by atoms with van der Waals surface area (Å²) in [4.78, 5) is 0. The number of rotatable bonds is 2. The number of halogens is 1. The van der Waals surface area contributed by atoms with Gasteiger partial charge in [0.1, 0.15) is 11.6 Å². The first-order valence-electron chi connectivity index (χ1n) is 4.97. The van der Waals surface area contributed by atoms with Gasteiger partial charge in [-0.15, -0.1) is 0 Å². The average Bonchev–Trinajstić information content (AvgIpc) is 2.30. The van der Waals surface area contributed by atoms with Crippen molar-refractivity contribution in [1.29, 1.82) is 0 Å². The van der Waals surface area contributed by atoms with E-state index in [0.29, 0.717) is 18.9 Å². The minimum absolute atomic E-state index is 0.121. The SMILES string of the molecule is COc1ccc(F)cc1C1CNCCO1. The van der Waals surface area contributed by atoms with Crippen molar-refractivity contribution in [3.05, 3.63) is 29.6 Å². The van der Waals surface area contributed by atoms with E-state index >= 15 is 0 Å². The van der Waals surface area contributed by atoms with E-state index in [1.54, 1.807) is 13.2 Å². The number of benzene rings is 1. The van der Waals surface area contributed by atoms with Crippen LogP contribution >= 0.6 is 0 Å². The molecule has 1 aromatic carbocycles. The molecule has 0 amide bonds. The summed E-state index contributed by atoms with van der Waals surface area (Å²) in [7, 11) is 1.58. The number of hydrogen-bond donors (Lipinski definition) is 1. The molecule has 0 spiro atoms. The van der Waals surface area contributed by atoms with Crippen LogP contribution in [0, 0.1) is 5.82 Å². The number of hydrogen-bond acceptors (Lipinski definition) is 3. The smallest absolute Gasteiger partial charge is 0.124 e. The molecule has 1 aliphatic rings. The standard InChI is InChI=1S/C11H14FNO2/c1-14-10-3-2-8(12)6-9(10)11-7-13-4-5-15-11/h2-3,6,11,13H,4-5,7H2,1H3. The molecule has 1 N–H and O–H groups in total. The minimum atomic E-state index is -0.264. The van der Waals surface area contributed by atoms with Gasteiger partial charge in [-0.2, -0.15) is 0 Å². The molecule has 0 aliphatic carbocycles. The van der Waals surface area contributed by atoms with E-state index in [-0.39, 0.29) is 11.9 Å². The summed E-state index contributed by atoms with van der Waals surface area (Å²) < 4.78 is 23.8. The predicted octanol–water partition coefficient (Wildman–Crippen LogP) is 1.50. The Balaban J connectivity index is 2.27. The van der Waals surface area contributed by atoms with Gasteiger partial charge in [0.25, 0.3) is 0 Å². The van der Waals surface area contributed by atoms with Crippen LogP contribution in [0.3, 0.4) is 0 Å². The molecule has 4 heteroatoms. The molecule has 0 radical (unpaired) electrons. The summed E-state index contributed by atoms with van der Waals surface area (Å²) in [5.41, 5.74) is 0.768. The zero-order chi connectivity index (χ0) is 10.7. The van der Waals surface area contributed by atoms with Crippen LogP contribution in [0.2, 0.25) is 0 Å². The first-order chi connectivity index (χ1) is 7.31. The van der Waals surface area contributed by atoms with Crippen LogP contribution in [0.1, 0.15) is 11.7 Å². The molecule has 15 heavy (non-hydrogen) atoms. The molecule has 1 fully saturated rings. The van der Waals surface area contributed by atoms with Gasteiger partial charge in [0.15, 0.2) is 0 Å². The first kappa shape index (κ1) is 10.4. The number of methoxy groups -OCH3 is 1. The molecular weight excluding hydrogens is 197 g/mol. The van der Waals surface area contributed by atoms with Gasteiger partial charge in [0.05, 0.1) is 19.8 Å². The van der Waals surface area contributed by atoms with Gasteiger partial charge in [-0.05, 0) is 18.2 Å². The maximum atomic E-state index is 13.1. The third kappa shape index (κ3) is 2.27. The van der Waals surface area contributed by atoms with Gasteiger partial charge in [0, 0.05) is 18.7 Å². The fourth-order valence-electron chi connectivity index (χ4n) is 1.72. The maximum absolute atomic E-state index is 13.1. The van der Waals surface area contributed by atoms with Crippen LogP contribution in [0.25, 0.3) is 0 Å². The molecule has 1 aromatic rings. The summed E-state index contributed by atoms with van der Waals surface area (Å²) in [6, 6.07) is 4.48. The summed E-state index contributed by atoms with van der Waals surface area (Å²) in [5, 5.41) is 3.20. The zero-order valence-electron chi connectivity index (χ0n) is 8.63. The summed E-state index contributed by atoms with van der Waals surface area (Å²) in [6.45, 7) is 2.18. The Morgan fingerprint density at radius 1 is 1.53 bits per heavy atom. The van der Waals surface area contributed by atoms with Crippen LogP contribution in [-0.2, 0) is 4.74 Å². The molecule has 1 aliphatic heterocycles. The second kappa shape index (κ2) is 4.59. The topological polar surface area (TPSA) is 30.5 Å². The molecule has 0 bridgehead atoms. The second-order valence-electron chi connectivity index (χ2n) is 3.45. The van der Waals surface area contributed by atoms with E-state index in [1.165, 1.54) is 12.1 Å². The molecule has 0 saturated carbocycles. The fourth-order valence-corrected chi connectivity index (χ4v) is 1.72. The van der Waals surface area contributed by atoms with E-state index < -0.39 is 0 Å². The fraction of sp³-hybridized carbons (Fsp3) is 0.455. The van der Waals surface area contributed by atoms with Crippen molar-refractivity contribution in [2.75, 3.05) is 26.8 Å². The van der Waals surface area contributed by atoms with Crippen molar-refractivity contribution in [2.24, 2.45) is 0 Å². The average molecular weight is 211 g/mol. The van der Waals surface area contributed by atoms with Gasteiger partial charge in [-0.25, -0.2) is 4.39 Å². The molecule has 1 heterocycles. The van der Waals surface area contributed by atoms with E-state index in [9.17, 15) is 4.39 Å². The lowest BCUT2D eigenvalue weighted by molar-refractivity contribution is 0.0261. The van der Waals surface area contributed by atoms with Crippen molar-refractivity contribution >= 4 is 0 Å². The van der Waals surface area contributed by atoms with E-state index in [2.05, 4.69) is 5.32 Å². The molecular formula is C11H14FNO2. The van der Waals surface area contributed by atoms with Gasteiger partial charge in [-0.1, -0.05) is 0 Å². The highest BCUT2D eigenvalue weighted by Crippen LogP contribution is 2.28. The molecule has 3 nitrogen and oxygen atoms in total. The van der Waals surface area contributed by atoms with Gasteiger partial charge in [0.2, 0.25) is 0 Å². The third-order valence-electron chi connectivity index (χ3n) is 2.47. The molecule has 0 aromatic heterocycles. The normalized spacial score (nSPS) is 21.3. The van der Waals surface area contributed by atoms with Crippen LogP contribution in [0.5, 0.6) is 5.75 Å². The highest BCUT2D eigenvalue weighted by atomic mass is 19.1. The van der Waals surface area contributed by atoms with Crippen LogP contribution in [0.4, 0.5) is 4.39 Å². The van der Waals surface area contributed by atoms with E-state index in [4.69, 9.17) is 9.47 Å². The number of ether oxygens (including phenoxy) is 2. The lowest BCUT2D eigenvalue weighted by atomic mass is 10.1. The summed E-state index contributed by atoms with van der Waals surface area (Å²) in [5.74, 6) is 0.407. The largest absolute Gasteiger partial charge is 0.496 e. The lowest BCUT2D eigenvalue weighted by Crippen LogP contribution is -2.33. The highest BCUT2D eigenvalue weighted by Gasteiger charge is 2.19. The van der Waals surface area contributed by atoms with Crippen molar-refractivity contribution in [3.8, 4) is 5.75 Å². The Morgan fingerprint density at radius 3 is 3.07 bits per heavy atom. The van der Waals surface area contributed by atoms with Crippen LogP contribution in [-0.4, -0.2) is 26.8 Å². The quantitative estimate of drug-likeness (QED) is 0.804. The lowest BCUT2D eigenvalue weighted by Gasteiger charge is -2.25. The Kier molecular flexibility index (Phi) is 3.18. The van der Waals surface area contributed by atoms with Gasteiger partial charge < -0.3 is 14.8 Å². The molecule has 82 valence electrons.